The van der Waals surface area contributed by atoms with Gasteiger partial charge < -0.3 is 0 Å². The van der Waals surface area contributed by atoms with Crippen molar-refractivity contribution in [1.82, 2.24) is 0 Å². The molecule has 0 amide bonds. The van der Waals surface area contributed by atoms with Crippen molar-refractivity contribution >= 4 is 20.0 Å². The first-order valence-electron chi connectivity index (χ1n) is 6.44. The number of hydrogen-bond acceptors (Lipinski definition) is 5. The van der Waals surface area contributed by atoms with Gasteiger partial charge in [-0.25, -0.2) is 8.42 Å². The summed E-state index contributed by atoms with van der Waals surface area (Å²) in [7, 11) is -7.06. The van der Waals surface area contributed by atoms with E-state index < -0.39 is 31.3 Å². The van der Waals surface area contributed by atoms with E-state index in [1.54, 1.807) is 12.1 Å². The van der Waals surface area contributed by atoms with Crippen LogP contribution in [0.1, 0.15) is 12.5 Å². The third-order valence-corrected chi connectivity index (χ3v) is 7.95. The molecule has 2 fully saturated rings. The lowest BCUT2D eigenvalue weighted by Crippen LogP contribution is -2.69. The summed E-state index contributed by atoms with van der Waals surface area (Å²) in [5.41, 5.74) is 0.947. The summed E-state index contributed by atoms with van der Waals surface area (Å²) in [6, 6.07) is 6.31. The van der Waals surface area contributed by atoms with Crippen molar-refractivity contribution in [3.63, 3.8) is 0 Å². The Morgan fingerprint density at radius 3 is 2.35 bits per heavy atom. The summed E-state index contributed by atoms with van der Waals surface area (Å²) >= 11 is 0. The van der Waals surface area contributed by atoms with Gasteiger partial charge in [0.15, 0.2) is 9.84 Å². The lowest BCUT2D eigenvalue weighted by atomic mass is 9.72. The van der Waals surface area contributed by atoms with E-state index in [0.29, 0.717) is 0 Å². The van der Waals surface area contributed by atoms with Crippen molar-refractivity contribution in [3.8, 4) is 0 Å². The molecule has 7 heteroatoms. The molecule has 0 unspecified atom stereocenters. The van der Waals surface area contributed by atoms with Crippen LogP contribution in [0.3, 0.4) is 0 Å². The van der Waals surface area contributed by atoms with Gasteiger partial charge in [0.1, 0.15) is 0 Å². The topological polar surface area (TPSA) is 77.5 Å². The summed E-state index contributed by atoms with van der Waals surface area (Å²) in [5.74, 6) is 0.172. The van der Waals surface area contributed by atoms with E-state index in [9.17, 15) is 16.8 Å². The highest BCUT2D eigenvalue weighted by Crippen LogP contribution is 2.51. The van der Waals surface area contributed by atoms with E-state index in [4.69, 9.17) is 4.18 Å². The molecule has 110 valence electrons. The summed E-state index contributed by atoms with van der Waals surface area (Å²) in [4.78, 5) is 0.0653. The van der Waals surface area contributed by atoms with Gasteiger partial charge in [-0.1, -0.05) is 24.6 Å². The Morgan fingerprint density at radius 2 is 1.80 bits per heavy atom. The maximum atomic E-state index is 12.2. The standard InChI is InChI=1S/C13H16O5S2/c1-8-3-5-10(6-4-8)20(16,17)18-12-9(2)11-7-19(14,15)13(11)12/h3-6,9,11-13H,7H2,1-2H3/t9-,11-,12-,13-/m1/s1. The van der Waals surface area contributed by atoms with Gasteiger partial charge in [-0.2, -0.15) is 8.42 Å². The molecule has 5 nitrogen and oxygen atoms in total. The Bertz CT molecular complexity index is 733. The molecule has 0 radical (unpaired) electrons. The van der Waals surface area contributed by atoms with Gasteiger partial charge in [0, 0.05) is 0 Å². The summed E-state index contributed by atoms with van der Waals surface area (Å²) in [5, 5.41) is -0.641. The van der Waals surface area contributed by atoms with Crippen LogP contribution in [0.4, 0.5) is 0 Å². The predicted molar refractivity (Wildman–Crippen MR) is 73.5 cm³/mol. The van der Waals surface area contributed by atoms with Crippen LogP contribution in [-0.4, -0.2) is 33.9 Å². The SMILES string of the molecule is Cc1ccc(S(=O)(=O)O[C@@H]2[C@H](C)[C@H]3CS(=O)(=O)[C@H]32)cc1. The normalized spacial score (nSPS) is 34.7. The molecule has 0 aromatic heterocycles. The number of aryl methyl sites for hydroxylation is 1. The minimum atomic E-state index is -3.91. The van der Waals surface area contributed by atoms with Crippen LogP contribution >= 0.6 is 0 Å². The smallest absolute Gasteiger partial charge is 0.261 e. The maximum absolute atomic E-state index is 12.2. The molecular weight excluding hydrogens is 300 g/mol. The summed E-state index contributed by atoms with van der Waals surface area (Å²) in [6.45, 7) is 3.70. The molecule has 0 spiro atoms. The Morgan fingerprint density at radius 1 is 1.20 bits per heavy atom. The molecule has 1 aliphatic heterocycles. The van der Waals surface area contributed by atoms with Gasteiger partial charge >= 0.3 is 0 Å². The number of sulfone groups is 1. The van der Waals surface area contributed by atoms with Crippen molar-refractivity contribution < 1.29 is 21.0 Å². The average molecular weight is 316 g/mol. The minimum absolute atomic E-state index is 0.0382. The van der Waals surface area contributed by atoms with Crippen molar-refractivity contribution in [2.24, 2.45) is 11.8 Å². The zero-order valence-corrected chi connectivity index (χ0v) is 12.8. The molecule has 1 aromatic rings. The van der Waals surface area contributed by atoms with E-state index in [1.807, 2.05) is 13.8 Å². The van der Waals surface area contributed by atoms with Gasteiger partial charge in [-0.15, -0.1) is 0 Å². The molecule has 4 atom stereocenters. The first-order chi connectivity index (χ1) is 9.22. The highest BCUT2D eigenvalue weighted by Gasteiger charge is 2.65. The van der Waals surface area contributed by atoms with E-state index >= 15 is 0 Å². The van der Waals surface area contributed by atoms with Crippen LogP contribution in [0.2, 0.25) is 0 Å². The molecule has 2 aliphatic rings. The zero-order chi connectivity index (χ0) is 14.7. The molecule has 1 aromatic carbocycles. The molecule has 0 bridgehead atoms. The Balaban J connectivity index is 1.82. The van der Waals surface area contributed by atoms with Gasteiger partial charge in [0.25, 0.3) is 10.1 Å². The molecule has 1 aliphatic carbocycles. The number of fused-ring (bicyclic) bond motifs is 1. The summed E-state index contributed by atoms with van der Waals surface area (Å²) < 4.78 is 52.8. The fourth-order valence-corrected chi connectivity index (χ4v) is 6.70. The Hall–Kier alpha value is -0.920. The minimum Gasteiger partial charge on any atom is -0.261 e. The molecule has 0 N–H and O–H groups in total. The third-order valence-electron chi connectivity index (χ3n) is 4.33. The first-order valence-corrected chi connectivity index (χ1v) is 9.56. The maximum Gasteiger partial charge on any atom is 0.297 e. The largest absolute Gasteiger partial charge is 0.297 e. The second-order valence-corrected chi connectivity index (χ2v) is 9.42. The van der Waals surface area contributed by atoms with Gasteiger partial charge in [0.05, 0.1) is 22.0 Å². The fraction of sp³-hybridized carbons (Fsp3) is 0.538. The van der Waals surface area contributed by atoms with E-state index in [0.717, 1.165) is 5.56 Å². The van der Waals surface area contributed by atoms with E-state index in [1.165, 1.54) is 12.1 Å². The highest BCUT2D eigenvalue weighted by atomic mass is 32.2. The predicted octanol–water partition coefficient (Wildman–Crippen LogP) is 1.13. The Labute approximate surface area is 119 Å². The van der Waals surface area contributed by atoms with Gasteiger partial charge in [-0.05, 0) is 30.9 Å². The van der Waals surface area contributed by atoms with E-state index in [2.05, 4.69) is 0 Å². The van der Waals surface area contributed by atoms with Crippen molar-refractivity contribution in [3.05, 3.63) is 29.8 Å². The third kappa shape index (κ3) is 1.99. The molecule has 1 saturated heterocycles. The Kier molecular flexibility index (Phi) is 3.01. The molecular formula is C13H16O5S2. The second-order valence-electron chi connectivity index (χ2n) is 5.65. The zero-order valence-electron chi connectivity index (χ0n) is 11.2. The van der Waals surface area contributed by atoms with Crippen molar-refractivity contribution in [1.29, 1.82) is 0 Å². The van der Waals surface area contributed by atoms with Crippen LogP contribution in [0.15, 0.2) is 29.2 Å². The van der Waals surface area contributed by atoms with Crippen LogP contribution in [0, 0.1) is 18.8 Å². The fourth-order valence-electron chi connectivity index (χ4n) is 2.96. The molecule has 1 saturated carbocycles. The number of rotatable bonds is 3. The molecule has 3 rings (SSSR count). The lowest BCUT2D eigenvalue weighted by molar-refractivity contribution is 0.00268. The molecule has 1 heterocycles. The van der Waals surface area contributed by atoms with E-state index in [-0.39, 0.29) is 22.5 Å². The first kappa shape index (κ1) is 14.0. The number of benzene rings is 1. The van der Waals surface area contributed by atoms with Crippen LogP contribution in [0.5, 0.6) is 0 Å². The quantitative estimate of drug-likeness (QED) is 0.781. The average Bonchev–Trinajstić information content (AvgIpc) is 2.35. The van der Waals surface area contributed by atoms with Crippen molar-refractivity contribution in [2.45, 2.75) is 30.1 Å². The van der Waals surface area contributed by atoms with Crippen molar-refractivity contribution in [2.75, 3.05) is 5.75 Å². The monoisotopic (exact) mass is 316 g/mol. The highest BCUT2D eigenvalue weighted by molar-refractivity contribution is 7.93. The van der Waals surface area contributed by atoms with Crippen LogP contribution in [-0.2, 0) is 24.1 Å². The van der Waals surface area contributed by atoms with Crippen LogP contribution in [0.25, 0.3) is 0 Å². The van der Waals surface area contributed by atoms with Crippen LogP contribution < -0.4 is 0 Å². The van der Waals surface area contributed by atoms with Gasteiger partial charge in [0.2, 0.25) is 0 Å². The second kappa shape index (κ2) is 4.29. The molecule has 20 heavy (non-hydrogen) atoms. The number of hydrogen-bond donors (Lipinski definition) is 0. The summed E-state index contributed by atoms with van der Waals surface area (Å²) in [6.07, 6.45) is -0.745. The van der Waals surface area contributed by atoms with Gasteiger partial charge in [-0.3, -0.25) is 4.18 Å². The lowest BCUT2D eigenvalue weighted by Gasteiger charge is -2.55.